The summed E-state index contributed by atoms with van der Waals surface area (Å²) in [5, 5.41) is 0. The van der Waals surface area contributed by atoms with Gasteiger partial charge in [-0.05, 0) is 425 Å². The zero-order valence-corrected chi connectivity index (χ0v) is 45.3. The van der Waals surface area contributed by atoms with E-state index in [4.69, 9.17) is 0 Å². The van der Waals surface area contributed by atoms with Crippen LogP contribution in [0.5, 0.6) is 0 Å². The molecule has 37 fully saturated rings. The molecule has 4 spiro atoms. The maximum Gasteiger partial charge on any atom is -0.00850 e. The summed E-state index contributed by atoms with van der Waals surface area (Å²) in [6.45, 7) is 0. The van der Waals surface area contributed by atoms with E-state index in [9.17, 15) is 0 Å². The SMILES string of the molecule is c1ccc2c(c1)C1CC2C23C4C5C6C7C8C9C%10C%11C%12C%13C%14C%15C%16C%17C%18C%19C%20C%21C%22C%23C(C%24C7C7C8C8C%10C%13C%10C%13C%14C%17C%14C%19C%17C%20C%23C%24C%19C%17C%17(C%20CC(C%23CCCCC%23%20)C%17(C8%10)C7%19)C%14%13)C6C4C%22C4C%21C%18C%16C(C(C%15%12)C2C%11C95)C143. The summed E-state index contributed by atoms with van der Waals surface area (Å²) in [6, 6.07) is 11.3. The van der Waals surface area contributed by atoms with E-state index in [2.05, 4.69) is 35.4 Å². The van der Waals surface area contributed by atoms with Crippen LogP contribution in [0.15, 0.2) is 24.3 Å². The van der Waals surface area contributed by atoms with Crippen molar-refractivity contribution in [2.75, 3.05) is 0 Å². The molecule has 0 saturated heterocycles. The van der Waals surface area contributed by atoms with Gasteiger partial charge in [0.25, 0.3) is 0 Å². The molecule has 62 atom stereocenters. The smallest absolute Gasteiger partial charge is 0.00850 e. The molecule has 39 aliphatic carbocycles. The Morgan fingerprint density at radius 3 is 0.718 bits per heavy atom. The average molecular weight is 1020 g/mol. The third kappa shape index (κ3) is 2.00. The molecule has 0 nitrogen and oxygen atoms in total. The van der Waals surface area contributed by atoms with E-state index in [0.717, 1.165) is 33.5 Å². The number of hydrogen-bond donors (Lipinski definition) is 0. The lowest BCUT2D eigenvalue weighted by Gasteiger charge is -2.77. The quantitative estimate of drug-likeness (QED) is 0.243. The molecule has 1 aromatic rings. The van der Waals surface area contributed by atoms with E-state index in [0.29, 0.717) is 0 Å². The van der Waals surface area contributed by atoms with Gasteiger partial charge < -0.3 is 0 Å². The molecule has 0 N–H and O–H groups in total. The predicted molar refractivity (Wildman–Crippen MR) is 279 cm³/mol. The fourth-order valence-electron chi connectivity index (χ4n) is 56.4. The van der Waals surface area contributed by atoms with Crippen LogP contribution in [-0.2, 0) is 0 Å². The van der Waals surface area contributed by atoms with Gasteiger partial charge in [-0.1, -0.05) is 37.1 Å². The van der Waals surface area contributed by atoms with Gasteiger partial charge in [0.2, 0.25) is 0 Å². The fraction of sp³-hybridized carbons (Fsp3) is 0.923. The summed E-state index contributed by atoms with van der Waals surface area (Å²) >= 11 is 0. The van der Waals surface area contributed by atoms with Gasteiger partial charge >= 0.3 is 0 Å². The molecule has 4 bridgehead atoms. The van der Waals surface area contributed by atoms with Crippen molar-refractivity contribution in [1.82, 2.24) is 0 Å². The Kier molecular flexibility index (Phi) is 3.81. The Hall–Kier alpha value is -0.780. The second-order valence-electron chi connectivity index (χ2n) is 42.7. The molecule has 39 aliphatic rings. The monoisotopic (exact) mass is 1010 g/mol. The van der Waals surface area contributed by atoms with Gasteiger partial charge in [-0.25, -0.2) is 0 Å². The molecule has 390 valence electrons. The van der Waals surface area contributed by atoms with Gasteiger partial charge in [-0.2, -0.15) is 0 Å². The average Bonchev–Trinajstić information content (AvgIpc) is 1.47. The van der Waals surface area contributed by atoms with E-state index in [1.54, 1.807) is 32.1 Å². The topological polar surface area (TPSA) is 0 Å². The molecule has 0 heteroatoms. The van der Waals surface area contributed by atoms with Crippen molar-refractivity contribution < 1.29 is 0 Å². The lowest BCUT2D eigenvalue weighted by atomic mass is 9.27. The first-order chi connectivity index (χ1) is 38.9. The molecule has 1 aromatic carbocycles. The fourth-order valence-corrected chi connectivity index (χ4v) is 56.4. The second kappa shape index (κ2) is 8.50. The Labute approximate surface area is 459 Å². The summed E-state index contributed by atoms with van der Waals surface area (Å²) in [6.07, 6.45) is 10.5. The zero-order chi connectivity index (χ0) is 46.0. The first-order valence-corrected chi connectivity index (χ1v) is 38.0. The molecule has 0 heterocycles. The summed E-state index contributed by atoms with van der Waals surface area (Å²) in [5.41, 5.74) is 7.49. The van der Waals surface area contributed by atoms with Crippen molar-refractivity contribution in [3.05, 3.63) is 35.4 Å². The van der Waals surface area contributed by atoms with Gasteiger partial charge in [0.1, 0.15) is 0 Å². The molecular formula is C78H78. The first-order valence-electron chi connectivity index (χ1n) is 38.0. The molecule has 0 radical (unpaired) electrons. The maximum atomic E-state index is 2.96. The first kappa shape index (κ1) is 35.0. The highest BCUT2D eigenvalue weighted by molar-refractivity contribution is 5.60. The Bertz CT molecular complexity index is 3440. The normalized spacial score (nSPS) is 98.4. The lowest BCUT2D eigenvalue weighted by molar-refractivity contribution is -0.305. The van der Waals surface area contributed by atoms with E-state index >= 15 is 0 Å². The molecule has 78 heavy (non-hydrogen) atoms. The number of benzene rings is 1. The Morgan fingerprint density at radius 2 is 0.423 bits per heavy atom. The number of hydrogen-bond acceptors (Lipinski definition) is 0. The van der Waals surface area contributed by atoms with E-state index in [1.165, 1.54) is 355 Å². The molecule has 40 rings (SSSR count). The van der Waals surface area contributed by atoms with Gasteiger partial charge in [0.15, 0.2) is 0 Å². The second-order valence-corrected chi connectivity index (χ2v) is 42.7. The molecule has 37 saturated carbocycles. The van der Waals surface area contributed by atoms with Crippen LogP contribution in [0.3, 0.4) is 0 Å². The van der Waals surface area contributed by atoms with Crippen LogP contribution in [0.2, 0.25) is 0 Å². The van der Waals surface area contributed by atoms with Crippen molar-refractivity contribution in [3.63, 3.8) is 0 Å². The standard InChI is InChI=1S/C78H78/c1-2-6-12-11(5-1)15-9-16(12)76-68-54-40-30-26-25-29-36-32-22-21-31-35-27-23-24-28-37-33-19-20(44(40)62(68)61-43(19)39(28)53-49(23)57(35)71(75(15,76)67(53)61)65(47(31)32)72(76)58(36)50(25)54)34-38(30)60-52(26)56-42(29)46(22)64-63-45(21)41(27)55-51(24)59(37)73-66(48(33)34)74(60)78(70(56)64)18-10-17(77(73,78)69(55)63)13-7-3-4-8-14(13)18/h1-2,5-6,13-74H,3-4,7-10H2. The van der Waals surface area contributed by atoms with Gasteiger partial charge in [0, 0.05) is 0 Å². The van der Waals surface area contributed by atoms with Crippen molar-refractivity contribution in [2.24, 2.45) is 377 Å². The minimum atomic E-state index is 0.756. The summed E-state index contributed by atoms with van der Waals surface area (Å²) in [4.78, 5) is 0. The largest absolute Gasteiger partial charge is 0.0620 e. The predicted octanol–water partition coefficient (Wildman–Crippen LogP) is 11.6. The van der Waals surface area contributed by atoms with Crippen LogP contribution < -0.4 is 0 Å². The Balaban J connectivity index is 0.812. The summed E-state index contributed by atoms with van der Waals surface area (Å²) in [7, 11) is 0. The van der Waals surface area contributed by atoms with E-state index in [-0.39, 0.29) is 0 Å². The van der Waals surface area contributed by atoms with Crippen LogP contribution in [0.1, 0.15) is 61.5 Å². The van der Waals surface area contributed by atoms with Crippen LogP contribution in [-0.4, -0.2) is 0 Å². The van der Waals surface area contributed by atoms with Crippen molar-refractivity contribution >= 4 is 0 Å². The van der Waals surface area contributed by atoms with E-state index < -0.39 is 0 Å². The highest BCUT2D eigenvalue weighted by Crippen LogP contribution is 3.13. The Morgan fingerprint density at radius 1 is 0.218 bits per heavy atom. The van der Waals surface area contributed by atoms with Crippen LogP contribution in [0.4, 0.5) is 0 Å². The third-order valence-corrected chi connectivity index (χ3v) is 49.0. The summed E-state index contributed by atoms with van der Waals surface area (Å²) < 4.78 is 0. The van der Waals surface area contributed by atoms with Gasteiger partial charge in [-0.15, -0.1) is 0 Å². The zero-order valence-electron chi connectivity index (χ0n) is 45.3. The molecule has 0 amide bonds. The van der Waals surface area contributed by atoms with Gasteiger partial charge in [0.05, 0.1) is 0 Å². The molecule has 62 unspecified atom stereocenters. The van der Waals surface area contributed by atoms with E-state index in [1.807, 2.05) is 6.42 Å². The number of rotatable bonds is 0. The van der Waals surface area contributed by atoms with Crippen molar-refractivity contribution in [3.8, 4) is 0 Å². The van der Waals surface area contributed by atoms with Crippen molar-refractivity contribution in [2.45, 2.75) is 50.4 Å². The molecule has 0 aromatic heterocycles. The maximum absolute atomic E-state index is 2.96. The van der Waals surface area contributed by atoms with Crippen molar-refractivity contribution in [1.29, 1.82) is 0 Å². The minimum absolute atomic E-state index is 0.756. The minimum Gasteiger partial charge on any atom is -0.0620 e. The van der Waals surface area contributed by atoms with Crippen LogP contribution >= 0.6 is 0 Å². The third-order valence-electron chi connectivity index (χ3n) is 49.0. The highest BCUT2D eigenvalue weighted by atomic mass is 15.1. The van der Waals surface area contributed by atoms with Crippen LogP contribution in [0, 0.1) is 377 Å². The van der Waals surface area contributed by atoms with Crippen LogP contribution in [0.25, 0.3) is 0 Å². The summed E-state index contributed by atoms with van der Waals surface area (Å²) in [5.74, 6) is 78.8. The van der Waals surface area contributed by atoms with Gasteiger partial charge in [-0.3, -0.25) is 0 Å². The highest BCUT2D eigenvalue weighted by Gasteiger charge is 3.09. The lowest BCUT2D eigenvalue weighted by Crippen LogP contribution is -2.74. The molecular weight excluding hydrogens is 937 g/mol. The molecule has 0 aliphatic heterocycles.